The van der Waals surface area contributed by atoms with Gasteiger partial charge in [0.15, 0.2) is 0 Å². The monoisotopic (exact) mass is 377 g/mol. The van der Waals surface area contributed by atoms with Crippen LogP contribution in [0.5, 0.6) is 0 Å². The highest BCUT2D eigenvalue weighted by molar-refractivity contribution is 6.04. The minimum atomic E-state index is -0.869. The minimum absolute atomic E-state index is 0.00378. The molecule has 0 saturated heterocycles. The molecule has 3 rings (SSSR count). The maximum Gasteiger partial charge on any atom is 0.280 e. The van der Waals surface area contributed by atoms with Crippen LogP contribution in [-0.4, -0.2) is 32.9 Å². The number of aliphatic hydroxyl groups excluding tert-OH is 1. The number of carbonyl (C=O) groups is 1. The van der Waals surface area contributed by atoms with E-state index in [1.54, 1.807) is 13.8 Å². The largest absolute Gasteiger partial charge is 0.394 e. The molecule has 0 aliphatic heterocycles. The number of amides is 1. The minimum Gasteiger partial charge on any atom is -0.394 e. The summed E-state index contributed by atoms with van der Waals surface area (Å²) < 4.78 is 1.18. The summed E-state index contributed by atoms with van der Waals surface area (Å²) in [5.74, 6) is -0.543. The average Bonchev–Trinajstić information content (AvgIpc) is 2.70. The molecule has 3 aromatic rings. The number of hydrogen-bond donors (Lipinski definition) is 2. The fourth-order valence-corrected chi connectivity index (χ4v) is 2.94. The summed E-state index contributed by atoms with van der Waals surface area (Å²) in [4.78, 5) is 26.0. The van der Waals surface area contributed by atoms with E-state index in [0.29, 0.717) is 11.3 Å². The second kappa shape index (κ2) is 7.78. The van der Waals surface area contributed by atoms with Gasteiger partial charge in [0, 0.05) is 18.2 Å². The molecule has 0 fully saturated rings. The van der Waals surface area contributed by atoms with Crippen LogP contribution in [0.15, 0.2) is 65.5 Å². The number of aliphatic hydroxyl groups is 1. The van der Waals surface area contributed by atoms with Gasteiger partial charge in [-0.05, 0) is 19.4 Å². The van der Waals surface area contributed by atoms with E-state index in [1.807, 2.05) is 60.7 Å². The lowest BCUT2D eigenvalue weighted by molar-refractivity contribution is 0.0867. The molecule has 6 nitrogen and oxygen atoms in total. The van der Waals surface area contributed by atoms with Gasteiger partial charge in [0.05, 0.1) is 17.8 Å². The highest BCUT2D eigenvalue weighted by Gasteiger charge is 2.28. The first-order valence-electron chi connectivity index (χ1n) is 8.99. The Bertz CT molecular complexity index is 1040. The molecule has 2 N–H and O–H groups in total. The molecule has 0 unspecified atom stereocenters. The molecule has 0 bridgehead atoms. The summed E-state index contributed by atoms with van der Waals surface area (Å²) in [5.41, 5.74) is 1.17. The van der Waals surface area contributed by atoms with E-state index in [4.69, 9.17) is 0 Å². The molecule has 0 atom stereocenters. The van der Waals surface area contributed by atoms with E-state index >= 15 is 0 Å². The SMILES string of the molecule is Cn1nc(-c2ccccc2)c(-c2ccccc2)c(C(=O)NC(C)(C)CO)c1=O. The van der Waals surface area contributed by atoms with Crippen LogP contribution in [0, 0.1) is 0 Å². The number of nitrogens with one attached hydrogen (secondary N) is 1. The maximum absolute atomic E-state index is 13.1. The fourth-order valence-electron chi connectivity index (χ4n) is 2.94. The van der Waals surface area contributed by atoms with Crippen molar-refractivity contribution < 1.29 is 9.90 Å². The molecule has 28 heavy (non-hydrogen) atoms. The van der Waals surface area contributed by atoms with Gasteiger partial charge in [-0.15, -0.1) is 0 Å². The summed E-state index contributed by atoms with van der Waals surface area (Å²) in [6.45, 7) is 3.13. The van der Waals surface area contributed by atoms with Crippen molar-refractivity contribution in [2.45, 2.75) is 19.4 Å². The molecular formula is C22H23N3O3. The molecule has 1 heterocycles. The number of nitrogens with zero attached hydrogens (tertiary/aromatic N) is 2. The zero-order chi connectivity index (χ0) is 20.3. The lowest BCUT2D eigenvalue weighted by atomic mass is 9.94. The molecule has 0 saturated carbocycles. The molecule has 0 aliphatic carbocycles. The molecule has 0 aliphatic rings. The van der Waals surface area contributed by atoms with Crippen LogP contribution < -0.4 is 10.9 Å². The number of benzene rings is 2. The van der Waals surface area contributed by atoms with Crippen molar-refractivity contribution in [2.75, 3.05) is 6.61 Å². The molecule has 1 aromatic heterocycles. The van der Waals surface area contributed by atoms with Crippen LogP contribution in [-0.2, 0) is 7.05 Å². The van der Waals surface area contributed by atoms with E-state index in [-0.39, 0.29) is 12.2 Å². The Kier molecular flexibility index (Phi) is 5.42. The Morgan fingerprint density at radius 1 is 1.04 bits per heavy atom. The van der Waals surface area contributed by atoms with Crippen LogP contribution >= 0.6 is 0 Å². The number of aromatic nitrogens is 2. The Morgan fingerprint density at radius 3 is 2.11 bits per heavy atom. The van der Waals surface area contributed by atoms with Crippen LogP contribution in [0.1, 0.15) is 24.2 Å². The van der Waals surface area contributed by atoms with Gasteiger partial charge in [0.2, 0.25) is 0 Å². The molecule has 1 amide bonds. The lowest BCUT2D eigenvalue weighted by Crippen LogP contribution is -2.48. The lowest BCUT2D eigenvalue weighted by Gasteiger charge is -2.24. The van der Waals surface area contributed by atoms with Crippen molar-refractivity contribution in [2.24, 2.45) is 7.05 Å². The second-order valence-electron chi connectivity index (χ2n) is 7.26. The van der Waals surface area contributed by atoms with E-state index in [9.17, 15) is 14.7 Å². The summed E-state index contributed by atoms with van der Waals surface area (Å²) >= 11 is 0. The first kappa shape index (κ1) is 19.5. The van der Waals surface area contributed by atoms with Crippen molar-refractivity contribution in [3.8, 4) is 22.4 Å². The standard InChI is InChI=1S/C22H23N3O3/c1-22(2,14-26)23-20(27)18-17(15-10-6-4-7-11-15)19(24-25(3)21(18)28)16-12-8-5-9-13-16/h4-13,26H,14H2,1-3H3,(H,23,27). The molecular weight excluding hydrogens is 354 g/mol. The number of aryl methyl sites for hydroxylation is 1. The topological polar surface area (TPSA) is 84.2 Å². The molecule has 2 aromatic carbocycles. The van der Waals surface area contributed by atoms with Gasteiger partial charge in [-0.25, -0.2) is 4.68 Å². The predicted octanol–water partition coefficient (Wildman–Crippen LogP) is 2.62. The molecule has 0 spiro atoms. The van der Waals surface area contributed by atoms with Crippen molar-refractivity contribution in [1.29, 1.82) is 0 Å². The van der Waals surface area contributed by atoms with E-state index in [2.05, 4.69) is 10.4 Å². The van der Waals surface area contributed by atoms with Gasteiger partial charge in [-0.3, -0.25) is 9.59 Å². The van der Waals surface area contributed by atoms with E-state index in [1.165, 1.54) is 11.7 Å². The normalized spacial score (nSPS) is 11.3. The van der Waals surface area contributed by atoms with Crippen molar-refractivity contribution in [1.82, 2.24) is 15.1 Å². The average molecular weight is 377 g/mol. The Morgan fingerprint density at radius 2 is 1.57 bits per heavy atom. The number of hydrogen-bond acceptors (Lipinski definition) is 4. The number of carbonyl (C=O) groups excluding carboxylic acids is 1. The van der Waals surface area contributed by atoms with Gasteiger partial charge in [0.1, 0.15) is 5.56 Å². The first-order valence-corrected chi connectivity index (χ1v) is 8.99. The Labute approximate surface area is 163 Å². The highest BCUT2D eigenvalue weighted by atomic mass is 16.3. The third kappa shape index (κ3) is 3.87. The third-order valence-electron chi connectivity index (χ3n) is 4.43. The Hall–Kier alpha value is -3.25. The highest BCUT2D eigenvalue weighted by Crippen LogP contribution is 2.32. The van der Waals surface area contributed by atoms with Crippen LogP contribution in [0.4, 0.5) is 0 Å². The van der Waals surface area contributed by atoms with Gasteiger partial charge in [0.25, 0.3) is 11.5 Å². The summed E-state index contributed by atoms with van der Waals surface area (Å²) in [7, 11) is 1.53. The smallest absolute Gasteiger partial charge is 0.280 e. The molecule has 0 radical (unpaired) electrons. The zero-order valence-electron chi connectivity index (χ0n) is 16.1. The van der Waals surface area contributed by atoms with E-state index in [0.717, 1.165) is 11.1 Å². The summed E-state index contributed by atoms with van der Waals surface area (Å²) in [6, 6.07) is 18.7. The zero-order valence-corrected chi connectivity index (χ0v) is 16.1. The second-order valence-corrected chi connectivity index (χ2v) is 7.26. The van der Waals surface area contributed by atoms with Crippen LogP contribution in [0.3, 0.4) is 0 Å². The molecule has 144 valence electrons. The molecule has 6 heteroatoms. The summed E-state index contributed by atoms with van der Waals surface area (Å²) in [6.07, 6.45) is 0. The van der Waals surface area contributed by atoms with Gasteiger partial charge in [-0.2, -0.15) is 5.10 Å². The summed E-state index contributed by atoms with van der Waals surface area (Å²) in [5, 5.41) is 16.7. The van der Waals surface area contributed by atoms with Crippen molar-refractivity contribution in [3.05, 3.63) is 76.6 Å². The van der Waals surface area contributed by atoms with Crippen LogP contribution in [0.2, 0.25) is 0 Å². The maximum atomic E-state index is 13.1. The Balaban J connectivity index is 2.33. The van der Waals surface area contributed by atoms with Gasteiger partial charge < -0.3 is 10.4 Å². The quantitative estimate of drug-likeness (QED) is 0.716. The number of rotatable bonds is 5. The fraction of sp³-hybridized carbons (Fsp3) is 0.227. The van der Waals surface area contributed by atoms with Crippen molar-refractivity contribution >= 4 is 5.91 Å². The predicted molar refractivity (Wildman–Crippen MR) is 109 cm³/mol. The first-order chi connectivity index (χ1) is 13.3. The van der Waals surface area contributed by atoms with Gasteiger partial charge >= 0.3 is 0 Å². The van der Waals surface area contributed by atoms with E-state index < -0.39 is 17.0 Å². The van der Waals surface area contributed by atoms with Crippen molar-refractivity contribution in [3.63, 3.8) is 0 Å². The third-order valence-corrected chi connectivity index (χ3v) is 4.43. The van der Waals surface area contributed by atoms with Gasteiger partial charge in [-0.1, -0.05) is 60.7 Å². The van der Waals surface area contributed by atoms with Crippen LogP contribution in [0.25, 0.3) is 22.4 Å².